The van der Waals surface area contributed by atoms with Gasteiger partial charge >= 0.3 is 0 Å². The first-order valence-electron chi connectivity index (χ1n) is 9.98. The first kappa shape index (κ1) is 21.9. The summed E-state index contributed by atoms with van der Waals surface area (Å²) in [6.07, 6.45) is 0. The third-order valence-corrected chi connectivity index (χ3v) is 4.34. The molecule has 0 atom stereocenters. The summed E-state index contributed by atoms with van der Waals surface area (Å²) < 4.78 is 10.6. The summed E-state index contributed by atoms with van der Waals surface area (Å²) in [4.78, 5) is 20.8. The molecule has 162 valence electrons. The van der Waals surface area contributed by atoms with E-state index in [9.17, 15) is 4.79 Å². The van der Waals surface area contributed by atoms with Crippen LogP contribution in [0.4, 0.5) is 17.5 Å². The largest absolute Gasteiger partial charge is 0.497 e. The van der Waals surface area contributed by atoms with E-state index >= 15 is 0 Å². The fourth-order valence-corrected chi connectivity index (χ4v) is 2.74. The van der Waals surface area contributed by atoms with Crippen molar-refractivity contribution in [1.82, 2.24) is 15.3 Å². The van der Waals surface area contributed by atoms with Gasteiger partial charge in [0.25, 0.3) is 5.91 Å². The lowest BCUT2D eigenvalue weighted by Crippen LogP contribution is -2.32. The second-order valence-corrected chi connectivity index (χ2v) is 6.95. The molecule has 0 saturated carbocycles. The maximum atomic E-state index is 11.9. The summed E-state index contributed by atoms with van der Waals surface area (Å²) in [7, 11) is 1.63. The van der Waals surface area contributed by atoms with Gasteiger partial charge in [-0.2, -0.15) is 4.98 Å². The molecule has 0 spiro atoms. The van der Waals surface area contributed by atoms with Gasteiger partial charge in [-0.3, -0.25) is 4.79 Å². The van der Waals surface area contributed by atoms with E-state index in [0.29, 0.717) is 30.6 Å². The predicted molar refractivity (Wildman–Crippen MR) is 121 cm³/mol. The van der Waals surface area contributed by atoms with E-state index < -0.39 is 0 Å². The van der Waals surface area contributed by atoms with Crippen molar-refractivity contribution in [3.63, 3.8) is 0 Å². The summed E-state index contributed by atoms with van der Waals surface area (Å²) in [5.41, 5.74) is 2.86. The summed E-state index contributed by atoms with van der Waals surface area (Å²) >= 11 is 0. The number of aromatic nitrogens is 2. The highest BCUT2D eigenvalue weighted by molar-refractivity contribution is 5.77. The van der Waals surface area contributed by atoms with Crippen molar-refractivity contribution in [3.05, 3.63) is 65.9 Å². The number of amides is 1. The first-order chi connectivity index (χ1) is 15.0. The van der Waals surface area contributed by atoms with Crippen LogP contribution in [0.2, 0.25) is 0 Å². The molecule has 0 radical (unpaired) electrons. The van der Waals surface area contributed by atoms with Gasteiger partial charge in [-0.1, -0.05) is 17.7 Å². The van der Waals surface area contributed by atoms with Crippen LogP contribution in [0.25, 0.3) is 0 Å². The Kier molecular flexibility index (Phi) is 7.64. The number of carbonyl (C=O) groups is 1. The number of nitrogens with zero attached hydrogens (tertiary/aromatic N) is 2. The highest BCUT2D eigenvalue weighted by Gasteiger charge is 2.05. The van der Waals surface area contributed by atoms with Crippen molar-refractivity contribution in [3.8, 4) is 11.5 Å². The zero-order chi connectivity index (χ0) is 22.1. The molecule has 0 unspecified atom stereocenters. The lowest BCUT2D eigenvalue weighted by molar-refractivity contribution is -0.123. The minimum atomic E-state index is -0.186. The molecule has 1 heterocycles. The zero-order valence-corrected chi connectivity index (χ0v) is 17.9. The normalized spacial score (nSPS) is 10.3. The minimum Gasteiger partial charge on any atom is -0.497 e. The molecule has 0 aliphatic rings. The van der Waals surface area contributed by atoms with Gasteiger partial charge in [0.1, 0.15) is 17.3 Å². The molecule has 0 fully saturated rings. The molecule has 3 aromatic rings. The number of rotatable bonds is 10. The number of hydrogen-bond acceptors (Lipinski definition) is 7. The maximum Gasteiger partial charge on any atom is 0.258 e. The van der Waals surface area contributed by atoms with Gasteiger partial charge in [-0.15, -0.1) is 0 Å². The van der Waals surface area contributed by atoms with Gasteiger partial charge in [0, 0.05) is 30.5 Å². The Balaban J connectivity index is 1.43. The van der Waals surface area contributed by atoms with E-state index in [1.54, 1.807) is 7.11 Å². The number of benzene rings is 2. The molecule has 8 heteroatoms. The molecule has 0 bridgehead atoms. The van der Waals surface area contributed by atoms with Gasteiger partial charge < -0.3 is 25.4 Å². The molecule has 3 N–H and O–H groups in total. The van der Waals surface area contributed by atoms with Crippen LogP contribution < -0.4 is 25.4 Å². The quantitative estimate of drug-likeness (QED) is 0.431. The monoisotopic (exact) mass is 421 g/mol. The summed E-state index contributed by atoms with van der Waals surface area (Å²) in [6, 6.07) is 17.0. The Bertz CT molecular complexity index is 991. The Morgan fingerprint density at radius 1 is 0.935 bits per heavy atom. The standard InChI is InChI=1S/C23H27N5O3/c1-16-4-8-20(9-5-16)31-15-22(29)24-12-13-25-23-26-17(2)14-21(28-23)27-18-6-10-19(30-3)11-7-18/h4-11,14H,12-13,15H2,1-3H3,(H,24,29)(H2,25,26,27,28). The van der Waals surface area contributed by atoms with Gasteiger partial charge in [-0.05, 0) is 50.2 Å². The molecule has 0 aliphatic heterocycles. The van der Waals surface area contributed by atoms with Crippen LogP contribution in [0.1, 0.15) is 11.3 Å². The average molecular weight is 422 g/mol. The van der Waals surface area contributed by atoms with Crippen LogP contribution in [-0.2, 0) is 4.79 Å². The molecule has 8 nitrogen and oxygen atoms in total. The molecule has 2 aromatic carbocycles. The van der Waals surface area contributed by atoms with Crippen molar-refractivity contribution < 1.29 is 14.3 Å². The summed E-state index contributed by atoms with van der Waals surface area (Å²) in [5.74, 6) is 2.44. The van der Waals surface area contributed by atoms with Crippen LogP contribution in [-0.4, -0.2) is 42.7 Å². The summed E-state index contributed by atoms with van der Waals surface area (Å²) in [6.45, 7) is 4.78. The van der Waals surface area contributed by atoms with Crippen molar-refractivity contribution in [2.24, 2.45) is 0 Å². The number of aryl methyl sites for hydroxylation is 2. The topological polar surface area (TPSA) is 97.4 Å². The number of anilines is 3. The van der Waals surface area contributed by atoms with Crippen molar-refractivity contribution in [2.45, 2.75) is 13.8 Å². The molecule has 31 heavy (non-hydrogen) atoms. The Morgan fingerprint density at radius 2 is 1.65 bits per heavy atom. The van der Waals surface area contributed by atoms with E-state index in [-0.39, 0.29) is 12.5 Å². The third kappa shape index (κ3) is 7.18. The molecular weight excluding hydrogens is 394 g/mol. The van der Waals surface area contributed by atoms with Crippen LogP contribution in [0, 0.1) is 13.8 Å². The Hall–Kier alpha value is -3.81. The smallest absolute Gasteiger partial charge is 0.258 e. The second-order valence-electron chi connectivity index (χ2n) is 6.95. The van der Waals surface area contributed by atoms with Crippen molar-refractivity contribution in [2.75, 3.05) is 37.4 Å². The van der Waals surface area contributed by atoms with Crippen molar-refractivity contribution >= 4 is 23.4 Å². The SMILES string of the molecule is COc1ccc(Nc2cc(C)nc(NCCNC(=O)COc3ccc(C)cc3)n2)cc1. The molecule has 0 aliphatic carbocycles. The van der Waals surface area contributed by atoms with Crippen LogP contribution in [0.15, 0.2) is 54.6 Å². The van der Waals surface area contributed by atoms with E-state index in [4.69, 9.17) is 9.47 Å². The average Bonchev–Trinajstić information content (AvgIpc) is 2.76. The molecular formula is C23H27N5O3. The highest BCUT2D eigenvalue weighted by Crippen LogP contribution is 2.20. The summed E-state index contributed by atoms with van der Waals surface area (Å²) in [5, 5.41) is 9.18. The lowest BCUT2D eigenvalue weighted by Gasteiger charge is -2.11. The Morgan fingerprint density at radius 3 is 2.35 bits per heavy atom. The van der Waals surface area contributed by atoms with Gasteiger partial charge in [0.2, 0.25) is 5.95 Å². The molecule has 1 aromatic heterocycles. The van der Waals surface area contributed by atoms with Gasteiger partial charge in [0.05, 0.1) is 7.11 Å². The zero-order valence-electron chi connectivity index (χ0n) is 17.9. The van der Waals surface area contributed by atoms with E-state index in [0.717, 1.165) is 22.7 Å². The fourth-order valence-electron chi connectivity index (χ4n) is 2.74. The number of nitrogens with one attached hydrogen (secondary N) is 3. The molecule has 3 rings (SSSR count). The predicted octanol–water partition coefficient (Wildman–Crippen LogP) is 3.45. The van der Waals surface area contributed by atoms with E-state index in [1.807, 2.05) is 68.4 Å². The third-order valence-electron chi connectivity index (χ3n) is 4.34. The van der Waals surface area contributed by atoms with Crippen LogP contribution in [0.3, 0.4) is 0 Å². The molecule has 0 saturated heterocycles. The fraction of sp³-hybridized carbons (Fsp3) is 0.261. The molecule has 1 amide bonds. The van der Waals surface area contributed by atoms with E-state index in [1.165, 1.54) is 0 Å². The van der Waals surface area contributed by atoms with Crippen LogP contribution in [0.5, 0.6) is 11.5 Å². The number of ether oxygens (including phenoxy) is 2. The highest BCUT2D eigenvalue weighted by atomic mass is 16.5. The second kappa shape index (κ2) is 10.8. The van der Waals surface area contributed by atoms with Crippen molar-refractivity contribution in [1.29, 1.82) is 0 Å². The number of methoxy groups -OCH3 is 1. The number of hydrogen-bond donors (Lipinski definition) is 3. The van der Waals surface area contributed by atoms with Gasteiger partial charge in [-0.25, -0.2) is 4.98 Å². The Labute approximate surface area is 182 Å². The maximum absolute atomic E-state index is 11.9. The minimum absolute atomic E-state index is 0.0278. The first-order valence-corrected chi connectivity index (χ1v) is 9.98. The number of carbonyl (C=O) groups excluding carboxylic acids is 1. The van der Waals surface area contributed by atoms with Gasteiger partial charge in [0.15, 0.2) is 6.61 Å². The lowest BCUT2D eigenvalue weighted by atomic mass is 10.2. The van der Waals surface area contributed by atoms with Crippen LogP contribution >= 0.6 is 0 Å². The van der Waals surface area contributed by atoms with E-state index in [2.05, 4.69) is 25.9 Å².